The van der Waals surface area contributed by atoms with Crippen LogP contribution in [0.15, 0.2) is 11.8 Å². The van der Waals surface area contributed by atoms with Crippen molar-refractivity contribution in [2.45, 2.75) is 32.7 Å². The topological polar surface area (TPSA) is 23.5 Å². The minimum atomic E-state index is -0.0793. The van der Waals surface area contributed by atoms with Crippen molar-refractivity contribution in [3.8, 4) is 0 Å². The molecule has 0 fully saturated rings. The van der Waals surface area contributed by atoms with Crippen LogP contribution in [0, 0.1) is 0 Å². The minimum Gasteiger partial charge on any atom is -0.288 e. The first-order valence-corrected chi connectivity index (χ1v) is 3.20. The monoisotopic (exact) mass is 127 g/mol. The number of hydrogen-bond acceptors (Lipinski definition) is 2. The summed E-state index contributed by atoms with van der Waals surface area (Å²) in [6.45, 7) is 5.94. The van der Waals surface area contributed by atoms with Gasteiger partial charge in [0.05, 0.1) is 5.54 Å². The van der Waals surface area contributed by atoms with Crippen molar-refractivity contribution in [2.75, 3.05) is 0 Å². The summed E-state index contributed by atoms with van der Waals surface area (Å²) >= 11 is 0. The number of hydrogen-bond donors (Lipinski definition) is 1. The molecule has 9 heavy (non-hydrogen) atoms. The zero-order chi connectivity index (χ0) is 7.07. The van der Waals surface area contributed by atoms with E-state index in [0.717, 1.165) is 12.1 Å². The van der Waals surface area contributed by atoms with Crippen molar-refractivity contribution >= 4 is 0 Å². The predicted molar refractivity (Wildman–Crippen MR) is 36.1 cm³/mol. The summed E-state index contributed by atoms with van der Waals surface area (Å²) < 4.78 is 0. The number of rotatable bonds is 0. The molecule has 0 aliphatic carbocycles. The van der Waals surface area contributed by atoms with Crippen molar-refractivity contribution in [3.63, 3.8) is 0 Å². The molecule has 0 atom stereocenters. The number of nitrogens with zero attached hydrogens (tertiary/aromatic N) is 1. The van der Waals surface area contributed by atoms with Crippen LogP contribution in [0.1, 0.15) is 27.2 Å². The molecule has 0 aromatic rings. The van der Waals surface area contributed by atoms with Gasteiger partial charge in [-0.2, -0.15) is 0 Å². The Kier molecular flexibility index (Phi) is 1.28. The van der Waals surface area contributed by atoms with Crippen molar-refractivity contribution in [1.29, 1.82) is 0 Å². The van der Waals surface area contributed by atoms with E-state index in [-0.39, 0.29) is 5.54 Å². The summed E-state index contributed by atoms with van der Waals surface area (Å²) in [5.74, 6) is 0. The van der Waals surface area contributed by atoms with E-state index in [0.29, 0.717) is 0 Å². The average molecular weight is 127 g/mol. The predicted octanol–water partition coefficient (Wildman–Crippen LogP) is 1.76. The maximum atomic E-state index is 9.29. The molecule has 0 bridgehead atoms. The van der Waals surface area contributed by atoms with Crippen LogP contribution >= 0.6 is 0 Å². The first kappa shape index (κ1) is 6.62. The lowest BCUT2D eigenvalue weighted by Crippen LogP contribution is -2.35. The molecule has 52 valence electrons. The second kappa shape index (κ2) is 1.74. The van der Waals surface area contributed by atoms with Gasteiger partial charge in [0.1, 0.15) is 0 Å². The third kappa shape index (κ3) is 0.944. The largest absolute Gasteiger partial charge is 0.288 e. The van der Waals surface area contributed by atoms with Gasteiger partial charge in [0, 0.05) is 5.70 Å². The average Bonchev–Trinajstić information content (AvgIpc) is 1.97. The highest BCUT2D eigenvalue weighted by atomic mass is 16.5. The van der Waals surface area contributed by atoms with Crippen LogP contribution in [0.4, 0.5) is 0 Å². The van der Waals surface area contributed by atoms with E-state index in [9.17, 15) is 5.21 Å². The van der Waals surface area contributed by atoms with Gasteiger partial charge in [0.15, 0.2) is 0 Å². The fourth-order valence-corrected chi connectivity index (χ4v) is 1.05. The highest BCUT2D eigenvalue weighted by Crippen LogP contribution is 2.28. The summed E-state index contributed by atoms with van der Waals surface area (Å²) in [4.78, 5) is 0. The molecule has 0 saturated carbocycles. The van der Waals surface area contributed by atoms with E-state index in [1.54, 1.807) is 0 Å². The Labute approximate surface area is 55.7 Å². The maximum Gasteiger partial charge on any atom is 0.0646 e. The van der Waals surface area contributed by atoms with Gasteiger partial charge >= 0.3 is 0 Å². The van der Waals surface area contributed by atoms with Crippen molar-refractivity contribution in [2.24, 2.45) is 0 Å². The molecule has 1 rings (SSSR count). The zero-order valence-corrected chi connectivity index (χ0v) is 6.18. The molecule has 0 radical (unpaired) electrons. The SMILES string of the molecule is CC1=CCC(C)(C)N1O. The zero-order valence-electron chi connectivity index (χ0n) is 6.18. The van der Waals surface area contributed by atoms with Crippen LogP contribution in [-0.2, 0) is 0 Å². The van der Waals surface area contributed by atoms with Crippen molar-refractivity contribution in [3.05, 3.63) is 11.8 Å². The molecule has 0 saturated heterocycles. The molecule has 0 aromatic carbocycles. The molecule has 1 aliphatic rings. The van der Waals surface area contributed by atoms with Gasteiger partial charge in [0.2, 0.25) is 0 Å². The van der Waals surface area contributed by atoms with Gasteiger partial charge in [-0.15, -0.1) is 0 Å². The van der Waals surface area contributed by atoms with Crippen LogP contribution in [0.5, 0.6) is 0 Å². The minimum absolute atomic E-state index is 0.0793. The third-order valence-electron chi connectivity index (χ3n) is 1.80. The normalized spacial score (nSPS) is 24.4. The van der Waals surface area contributed by atoms with E-state index in [2.05, 4.69) is 0 Å². The molecule has 0 amide bonds. The van der Waals surface area contributed by atoms with Crippen LogP contribution in [0.2, 0.25) is 0 Å². The second-order valence-electron chi connectivity index (χ2n) is 3.17. The molecule has 2 heteroatoms. The summed E-state index contributed by atoms with van der Waals surface area (Å²) in [7, 11) is 0. The molecule has 1 heterocycles. The van der Waals surface area contributed by atoms with E-state index < -0.39 is 0 Å². The van der Waals surface area contributed by atoms with Gasteiger partial charge in [-0.3, -0.25) is 10.3 Å². The molecule has 0 spiro atoms. The van der Waals surface area contributed by atoms with Crippen LogP contribution in [0.25, 0.3) is 0 Å². The van der Waals surface area contributed by atoms with Gasteiger partial charge in [0.25, 0.3) is 0 Å². The molecule has 2 nitrogen and oxygen atoms in total. The molecule has 1 N–H and O–H groups in total. The Hall–Kier alpha value is -0.500. The Bertz CT molecular complexity index is 149. The Balaban J connectivity index is 2.73. The lowest BCUT2D eigenvalue weighted by atomic mass is 10.0. The second-order valence-corrected chi connectivity index (χ2v) is 3.17. The number of hydroxylamine groups is 2. The summed E-state index contributed by atoms with van der Waals surface area (Å²) in [6, 6.07) is 0. The Morgan fingerprint density at radius 3 is 2.33 bits per heavy atom. The molecule has 0 aromatic heterocycles. The number of allylic oxidation sites excluding steroid dienone is 1. The highest BCUT2D eigenvalue weighted by Gasteiger charge is 2.29. The Morgan fingerprint density at radius 1 is 1.67 bits per heavy atom. The highest BCUT2D eigenvalue weighted by molar-refractivity contribution is 5.09. The van der Waals surface area contributed by atoms with Gasteiger partial charge in [-0.05, 0) is 27.2 Å². The standard InChI is InChI=1S/C7H13NO/c1-6-4-5-7(2,3)8(6)9/h4,9H,5H2,1-3H3. The quantitative estimate of drug-likeness (QED) is 0.536. The van der Waals surface area contributed by atoms with Crippen molar-refractivity contribution in [1.82, 2.24) is 5.06 Å². The van der Waals surface area contributed by atoms with Crippen molar-refractivity contribution < 1.29 is 5.21 Å². The third-order valence-corrected chi connectivity index (χ3v) is 1.80. The Morgan fingerprint density at radius 2 is 2.22 bits per heavy atom. The van der Waals surface area contributed by atoms with Gasteiger partial charge < -0.3 is 0 Å². The lowest BCUT2D eigenvalue weighted by molar-refractivity contribution is -0.117. The van der Waals surface area contributed by atoms with Crippen LogP contribution < -0.4 is 0 Å². The van der Waals surface area contributed by atoms with Gasteiger partial charge in [-0.25, -0.2) is 0 Å². The molecule has 1 aliphatic heterocycles. The van der Waals surface area contributed by atoms with E-state index in [1.807, 2.05) is 26.8 Å². The first-order valence-electron chi connectivity index (χ1n) is 3.20. The fourth-order valence-electron chi connectivity index (χ4n) is 1.05. The summed E-state index contributed by atoms with van der Waals surface area (Å²) in [5, 5.41) is 10.6. The molecular formula is C7H13NO. The lowest BCUT2D eigenvalue weighted by Gasteiger charge is -2.28. The fraction of sp³-hybridized carbons (Fsp3) is 0.714. The maximum absolute atomic E-state index is 9.29. The van der Waals surface area contributed by atoms with Crippen LogP contribution in [-0.4, -0.2) is 15.8 Å². The summed E-state index contributed by atoms with van der Waals surface area (Å²) in [6.07, 6.45) is 2.98. The summed E-state index contributed by atoms with van der Waals surface area (Å²) in [5.41, 5.74) is 0.879. The van der Waals surface area contributed by atoms with E-state index in [4.69, 9.17) is 0 Å². The first-order chi connectivity index (χ1) is 4.04. The molecular weight excluding hydrogens is 114 g/mol. The smallest absolute Gasteiger partial charge is 0.0646 e. The van der Waals surface area contributed by atoms with Crippen LogP contribution in [0.3, 0.4) is 0 Å². The molecule has 0 unspecified atom stereocenters. The van der Waals surface area contributed by atoms with Gasteiger partial charge in [-0.1, -0.05) is 6.08 Å². The van der Waals surface area contributed by atoms with E-state index >= 15 is 0 Å². The van der Waals surface area contributed by atoms with E-state index in [1.165, 1.54) is 5.06 Å².